The van der Waals surface area contributed by atoms with Crippen LogP contribution in [0.15, 0.2) is 59.0 Å². The van der Waals surface area contributed by atoms with E-state index in [1.54, 1.807) is 0 Å². The molecule has 1 heterocycles. The van der Waals surface area contributed by atoms with Gasteiger partial charge >= 0.3 is 0 Å². The molecule has 2 N–H and O–H groups in total. The Hall–Kier alpha value is -2.26. The van der Waals surface area contributed by atoms with E-state index in [1.165, 1.54) is 0 Å². The third-order valence-corrected chi connectivity index (χ3v) is 2.99. The highest BCUT2D eigenvalue weighted by atomic mass is 16.5. The molecule has 0 amide bonds. The van der Waals surface area contributed by atoms with Gasteiger partial charge in [0.2, 0.25) is 0 Å². The lowest BCUT2D eigenvalue weighted by molar-refractivity contribution is 0.274. The summed E-state index contributed by atoms with van der Waals surface area (Å²) < 4.78 is 11.4. The van der Waals surface area contributed by atoms with E-state index < -0.39 is 0 Å². The molecule has 0 bridgehead atoms. The summed E-state index contributed by atoms with van der Waals surface area (Å²) in [5.74, 6) is 1.65. The van der Waals surface area contributed by atoms with Crippen molar-refractivity contribution in [3.05, 3.63) is 65.9 Å². The van der Waals surface area contributed by atoms with Crippen molar-refractivity contribution >= 4 is 11.0 Å². The Kier molecular flexibility index (Phi) is 3.21. The van der Waals surface area contributed by atoms with E-state index in [4.69, 9.17) is 14.9 Å². The molecule has 0 aliphatic carbocycles. The Balaban J connectivity index is 1.78. The molecule has 3 rings (SSSR count). The summed E-state index contributed by atoms with van der Waals surface area (Å²) in [6.07, 6.45) is 0. The van der Waals surface area contributed by atoms with Crippen LogP contribution < -0.4 is 10.5 Å². The van der Waals surface area contributed by atoms with Gasteiger partial charge in [-0.3, -0.25) is 0 Å². The second kappa shape index (κ2) is 5.16. The molecule has 0 aliphatic rings. The molecule has 0 atom stereocenters. The van der Waals surface area contributed by atoms with Crippen molar-refractivity contribution in [2.75, 3.05) is 0 Å². The number of fused-ring (bicyclic) bond motifs is 1. The molecule has 0 saturated heterocycles. The molecule has 3 heteroatoms. The summed E-state index contributed by atoms with van der Waals surface area (Å²) >= 11 is 0. The van der Waals surface area contributed by atoms with Gasteiger partial charge in [0.1, 0.15) is 23.7 Å². The molecule has 0 spiro atoms. The first-order valence-corrected chi connectivity index (χ1v) is 6.24. The Morgan fingerprint density at radius 2 is 1.84 bits per heavy atom. The zero-order valence-corrected chi connectivity index (χ0v) is 10.5. The van der Waals surface area contributed by atoms with Gasteiger partial charge in [-0.2, -0.15) is 0 Å². The third-order valence-electron chi connectivity index (χ3n) is 2.99. The molecule has 3 nitrogen and oxygen atoms in total. The number of nitrogens with two attached hydrogens (primary N) is 1. The van der Waals surface area contributed by atoms with Crippen molar-refractivity contribution in [2.24, 2.45) is 5.73 Å². The van der Waals surface area contributed by atoms with Crippen LogP contribution in [-0.4, -0.2) is 0 Å². The molecule has 0 radical (unpaired) electrons. The van der Waals surface area contributed by atoms with Gasteiger partial charge in [0, 0.05) is 11.9 Å². The lowest BCUT2D eigenvalue weighted by atomic mass is 10.1. The number of benzene rings is 2. The van der Waals surface area contributed by atoms with Crippen LogP contribution in [0, 0.1) is 0 Å². The molecule has 0 fully saturated rings. The van der Waals surface area contributed by atoms with Gasteiger partial charge < -0.3 is 14.9 Å². The monoisotopic (exact) mass is 253 g/mol. The number of hydrogen-bond donors (Lipinski definition) is 1. The molecule has 2 aromatic carbocycles. The van der Waals surface area contributed by atoms with Gasteiger partial charge in [-0.05, 0) is 35.9 Å². The molecular weight excluding hydrogens is 238 g/mol. The Morgan fingerprint density at radius 3 is 2.63 bits per heavy atom. The first-order valence-electron chi connectivity index (χ1n) is 6.24. The highest BCUT2D eigenvalue weighted by molar-refractivity contribution is 5.78. The number of hydrogen-bond acceptors (Lipinski definition) is 3. The van der Waals surface area contributed by atoms with E-state index in [-0.39, 0.29) is 0 Å². The molecule has 96 valence electrons. The van der Waals surface area contributed by atoms with Gasteiger partial charge in [0.25, 0.3) is 0 Å². The minimum absolute atomic E-state index is 0.427. The van der Waals surface area contributed by atoms with Gasteiger partial charge in [-0.15, -0.1) is 0 Å². The van der Waals surface area contributed by atoms with E-state index in [9.17, 15) is 0 Å². The van der Waals surface area contributed by atoms with Crippen LogP contribution in [0.2, 0.25) is 0 Å². The number of ether oxygens (including phenoxy) is 1. The van der Waals surface area contributed by atoms with Gasteiger partial charge in [0.15, 0.2) is 0 Å². The van der Waals surface area contributed by atoms with Crippen molar-refractivity contribution in [1.82, 2.24) is 0 Å². The molecule has 0 unspecified atom stereocenters. The van der Waals surface area contributed by atoms with Crippen LogP contribution >= 0.6 is 0 Å². The fourth-order valence-corrected chi connectivity index (χ4v) is 2.02. The van der Waals surface area contributed by atoms with E-state index in [2.05, 4.69) is 0 Å². The maximum atomic E-state index is 5.72. The minimum atomic E-state index is 0.427. The van der Waals surface area contributed by atoms with Crippen LogP contribution in [0.25, 0.3) is 11.0 Å². The van der Waals surface area contributed by atoms with Gasteiger partial charge in [-0.25, -0.2) is 0 Å². The van der Waals surface area contributed by atoms with Crippen LogP contribution in [0.3, 0.4) is 0 Å². The van der Waals surface area contributed by atoms with Crippen LogP contribution in [0.4, 0.5) is 0 Å². The first-order chi connectivity index (χ1) is 9.35. The second-order valence-corrected chi connectivity index (χ2v) is 4.39. The summed E-state index contributed by atoms with van der Waals surface area (Å²) in [5, 5.41) is 1.06. The molecule has 3 aromatic rings. The number of furan rings is 1. The summed E-state index contributed by atoms with van der Waals surface area (Å²) in [6, 6.07) is 17.7. The largest absolute Gasteiger partial charge is 0.486 e. The Labute approximate surface area is 111 Å². The van der Waals surface area contributed by atoms with Crippen molar-refractivity contribution < 1.29 is 9.15 Å². The van der Waals surface area contributed by atoms with E-state index in [1.807, 2.05) is 54.6 Å². The molecular formula is C16H15NO2. The molecule has 1 aromatic heterocycles. The molecule has 19 heavy (non-hydrogen) atoms. The predicted molar refractivity (Wildman–Crippen MR) is 74.9 cm³/mol. The summed E-state index contributed by atoms with van der Waals surface area (Å²) in [5.41, 5.74) is 7.59. The Morgan fingerprint density at radius 1 is 1.00 bits per heavy atom. The highest BCUT2D eigenvalue weighted by Gasteiger charge is 2.05. The van der Waals surface area contributed by atoms with Crippen molar-refractivity contribution in [2.45, 2.75) is 13.2 Å². The average Bonchev–Trinajstić information content (AvgIpc) is 2.88. The quantitative estimate of drug-likeness (QED) is 0.774. The fraction of sp³-hybridized carbons (Fsp3) is 0.125. The maximum Gasteiger partial charge on any atom is 0.146 e. The molecule has 0 aliphatic heterocycles. The SMILES string of the molecule is NCc1ccc2oc(COc3ccccc3)cc2c1. The highest BCUT2D eigenvalue weighted by Crippen LogP contribution is 2.22. The van der Waals surface area contributed by atoms with E-state index in [0.29, 0.717) is 13.2 Å². The lowest BCUT2D eigenvalue weighted by Gasteiger charge is -2.02. The van der Waals surface area contributed by atoms with Crippen LogP contribution in [0.1, 0.15) is 11.3 Å². The Bertz CT molecular complexity index is 674. The average molecular weight is 253 g/mol. The van der Waals surface area contributed by atoms with E-state index in [0.717, 1.165) is 28.0 Å². The minimum Gasteiger partial charge on any atom is -0.486 e. The number of para-hydroxylation sites is 1. The first kappa shape index (κ1) is 11.8. The standard InChI is InChI=1S/C16H15NO2/c17-10-12-6-7-16-13(8-12)9-15(19-16)11-18-14-4-2-1-3-5-14/h1-9H,10-11,17H2. The summed E-state index contributed by atoms with van der Waals surface area (Å²) in [7, 11) is 0. The van der Waals surface area contributed by atoms with Crippen molar-refractivity contribution in [3.63, 3.8) is 0 Å². The normalized spacial score (nSPS) is 10.8. The summed E-state index contributed by atoms with van der Waals surface area (Å²) in [6.45, 7) is 0.966. The van der Waals surface area contributed by atoms with Crippen LogP contribution in [0.5, 0.6) is 5.75 Å². The van der Waals surface area contributed by atoms with Crippen molar-refractivity contribution in [1.29, 1.82) is 0 Å². The van der Waals surface area contributed by atoms with E-state index >= 15 is 0 Å². The zero-order valence-electron chi connectivity index (χ0n) is 10.5. The van der Waals surface area contributed by atoms with Gasteiger partial charge in [-0.1, -0.05) is 24.3 Å². The number of rotatable bonds is 4. The zero-order chi connectivity index (χ0) is 13.1. The third kappa shape index (κ3) is 2.61. The smallest absolute Gasteiger partial charge is 0.146 e. The van der Waals surface area contributed by atoms with Crippen molar-refractivity contribution in [3.8, 4) is 5.75 Å². The second-order valence-electron chi connectivity index (χ2n) is 4.39. The fourth-order valence-electron chi connectivity index (χ4n) is 2.02. The lowest BCUT2D eigenvalue weighted by Crippen LogP contribution is -1.94. The summed E-state index contributed by atoms with van der Waals surface area (Å²) in [4.78, 5) is 0. The van der Waals surface area contributed by atoms with Gasteiger partial charge in [0.05, 0.1) is 0 Å². The topological polar surface area (TPSA) is 48.4 Å². The predicted octanol–water partition coefficient (Wildman–Crippen LogP) is 3.47. The maximum absolute atomic E-state index is 5.72. The molecule has 0 saturated carbocycles. The van der Waals surface area contributed by atoms with Crippen LogP contribution in [-0.2, 0) is 13.2 Å².